The normalized spacial score (nSPS) is 14.4. The Bertz CT molecular complexity index is 537. The van der Waals surface area contributed by atoms with E-state index in [1.807, 2.05) is 6.07 Å². The molecule has 0 fully saturated rings. The smallest absolute Gasteiger partial charge is 0.163 e. The summed E-state index contributed by atoms with van der Waals surface area (Å²) in [6, 6.07) is 3.62. The number of methoxy groups -OCH3 is 2. The van der Waals surface area contributed by atoms with Crippen molar-refractivity contribution in [1.29, 1.82) is 0 Å². The van der Waals surface area contributed by atoms with Gasteiger partial charge >= 0.3 is 0 Å². The maximum atomic E-state index is 9.97. The molecular weight excluding hydrogens is 246 g/mol. The maximum Gasteiger partial charge on any atom is 0.163 e. The van der Waals surface area contributed by atoms with Gasteiger partial charge in [0.15, 0.2) is 11.5 Å². The summed E-state index contributed by atoms with van der Waals surface area (Å²) in [6.45, 7) is 1.86. The number of imidazole rings is 1. The van der Waals surface area contributed by atoms with E-state index in [1.54, 1.807) is 27.2 Å². The first kappa shape index (κ1) is 13.6. The fourth-order valence-corrected chi connectivity index (χ4v) is 1.91. The highest BCUT2D eigenvalue weighted by Gasteiger charge is 2.21. The van der Waals surface area contributed by atoms with Gasteiger partial charge in [0.1, 0.15) is 5.82 Å². The molecule has 1 aromatic heterocycles. The van der Waals surface area contributed by atoms with E-state index in [2.05, 4.69) is 9.97 Å². The van der Waals surface area contributed by atoms with E-state index in [-0.39, 0.29) is 6.54 Å². The molecule has 2 rings (SSSR count). The molecule has 19 heavy (non-hydrogen) atoms. The molecule has 2 aromatic rings. The van der Waals surface area contributed by atoms with Gasteiger partial charge in [-0.2, -0.15) is 0 Å². The highest BCUT2D eigenvalue weighted by Crippen LogP contribution is 2.31. The molecule has 0 aliphatic heterocycles. The summed E-state index contributed by atoms with van der Waals surface area (Å²) in [5.41, 5.74) is 6.14. The SMILES string of the molecule is COc1cc2nc(CC(C)(O)CN)[nH]c2cc1OC. The Morgan fingerprint density at radius 1 is 1.32 bits per heavy atom. The maximum absolute atomic E-state index is 9.97. The second kappa shape index (κ2) is 5.07. The van der Waals surface area contributed by atoms with Gasteiger partial charge in [-0.25, -0.2) is 4.98 Å². The van der Waals surface area contributed by atoms with E-state index in [1.165, 1.54) is 0 Å². The van der Waals surface area contributed by atoms with Crippen LogP contribution in [0.4, 0.5) is 0 Å². The van der Waals surface area contributed by atoms with Crippen molar-refractivity contribution < 1.29 is 14.6 Å². The van der Waals surface area contributed by atoms with Crippen LogP contribution in [0.25, 0.3) is 11.0 Å². The summed E-state index contributed by atoms with van der Waals surface area (Å²) in [7, 11) is 3.16. The molecule has 0 aliphatic rings. The molecule has 0 amide bonds. The Balaban J connectivity index is 2.40. The number of benzene rings is 1. The average Bonchev–Trinajstić information content (AvgIpc) is 2.77. The highest BCUT2D eigenvalue weighted by atomic mass is 16.5. The zero-order valence-electron chi connectivity index (χ0n) is 11.4. The van der Waals surface area contributed by atoms with Crippen molar-refractivity contribution in [2.75, 3.05) is 20.8 Å². The summed E-state index contributed by atoms with van der Waals surface area (Å²) in [6.07, 6.45) is 0.364. The highest BCUT2D eigenvalue weighted by molar-refractivity contribution is 5.79. The van der Waals surface area contributed by atoms with Gasteiger partial charge in [0, 0.05) is 25.1 Å². The zero-order valence-corrected chi connectivity index (χ0v) is 11.4. The lowest BCUT2D eigenvalue weighted by molar-refractivity contribution is 0.0678. The molecule has 4 N–H and O–H groups in total. The van der Waals surface area contributed by atoms with Gasteiger partial charge < -0.3 is 25.3 Å². The number of aliphatic hydroxyl groups is 1. The quantitative estimate of drug-likeness (QED) is 0.744. The van der Waals surface area contributed by atoms with Crippen LogP contribution in [0.15, 0.2) is 12.1 Å². The van der Waals surface area contributed by atoms with Crippen molar-refractivity contribution in [2.24, 2.45) is 5.73 Å². The van der Waals surface area contributed by atoms with Crippen LogP contribution in [0.2, 0.25) is 0 Å². The van der Waals surface area contributed by atoms with Crippen LogP contribution in [-0.2, 0) is 6.42 Å². The van der Waals surface area contributed by atoms with E-state index in [0.717, 1.165) is 11.0 Å². The van der Waals surface area contributed by atoms with Gasteiger partial charge in [0.05, 0.1) is 30.9 Å². The molecule has 0 aliphatic carbocycles. The summed E-state index contributed by atoms with van der Waals surface area (Å²) < 4.78 is 10.5. The average molecular weight is 265 g/mol. The number of ether oxygens (including phenoxy) is 2. The van der Waals surface area contributed by atoms with Crippen molar-refractivity contribution in [2.45, 2.75) is 18.9 Å². The zero-order chi connectivity index (χ0) is 14.0. The van der Waals surface area contributed by atoms with Gasteiger partial charge in [-0.1, -0.05) is 0 Å². The fraction of sp³-hybridized carbons (Fsp3) is 0.462. The van der Waals surface area contributed by atoms with Crippen LogP contribution in [0, 0.1) is 0 Å². The predicted octanol–water partition coefficient (Wildman–Crippen LogP) is 0.832. The monoisotopic (exact) mass is 265 g/mol. The van der Waals surface area contributed by atoms with Crippen molar-refractivity contribution in [3.63, 3.8) is 0 Å². The summed E-state index contributed by atoms with van der Waals surface area (Å²) in [5.74, 6) is 1.94. The molecule has 1 heterocycles. The first-order chi connectivity index (χ1) is 8.99. The van der Waals surface area contributed by atoms with Crippen LogP contribution in [0.3, 0.4) is 0 Å². The van der Waals surface area contributed by atoms with Gasteiger partial charge in [-0.15, -0.1) is 0 Å². The lowest BCUT2D eigenvalue weighted by Crippen LogP contribution is -2.36. The fourth-order valence-electron chi connectivity index (χ4n) is 1.91. The molecule has 0 radical (unpaired) electrons. The van der Waals surface area contributed by atoms with E-state index < -0.39 is 5.60 Å². The summed E-state index contributed by atoms with van der Waals surface area (Å²) in [4.78, 5) is 7.57. The Kier molecular flexibility index (Phi) is 3.64. The number of rotatable bonds is 5. The largest absolute Gasteiger partial charge is 0.493 e. The van der Waals surface area contributed by atoms with E-state index >= 15 is 0 Å². The number of nitrogens with one attached hydrogen (secondary N) is 1. The third kappa shape index (κ3) is 2.80. The Morgan fingerprint density at radius 3 is 2.53 bits per heavy atom. The lowest BCUT2D eigenvalue weighted by Gasteiger charge is -2.18. The topological polar surface area (TPSA) is 93.4 Å². The number of hydrogen-bond acceptors (Lipinski definition) is 5. The molecule has 1 unspecified atom stereocenters. The van der Waals surface area contributed by atoms with Crippen LogP contribution in [0.5, 0.6) is 11.5 Å². The van der Waals surface area contributed by atoms with Crippen molar-refractivity contribution in [3.05, 3.63) is 18.0 Å². The minimum absolute atomic E-state index is 0.177. The Morgan fingerprint density at radius 2 is 1.95 bits per heavy atom. The van der Waals surface area contributed by atoms with Crippen LogP contribution < -0.4 is 15.2 Å². The van der Waals surface area contributed by atoms with Crippen molar-refractivity contribution in [3.8, 4) is 11.5 Å². The summed E-state index contributed by atoms with van der Waals surface area (Å²) >= 11 is 0. The van der Waals surface area contributed by atoms with E-state index in [9.17, 15) is 5.11 Å². The molecule has 0 bridgehead atoms. The minimum atomic E-state index is -0.970. The summed E-state index contributed by atoms with van der Waals surface area (Å²) in [5, 5.41) is 9.97. The number of aromatic nitrogens is 2. The van der Waals surface area contributed by atoms with E-state index in [0.29, 0.717) is 23.7 Å². The predicted molar refractivity (Wildman–Crippen MR) is 72.6 cm³/mol. The number of hydrogen-bond donors (Lipinski definition) is 3. The first-order valence-corrected chi connectivity index (χ1v) is 6.02. The third-order valence-electron chi connectivity index (χ3n) is 3.02. The first-order valence-electron chi connectivity index (χ1n) is 6.02. The number of H-pyrrole nitrogens is 1. The van der Waals surface area contributed by atoms with Crippen LogP contribution in [-0.4, -0.2) is 41.4 Å². The van der Waals surface area contributed by atoms with Gasteiger partial charge in [0.25, 0.3) is 0 Å². The number of nitrogens with two attached hydrogens (primary N) is 1. The molecule has 0 spiro atoms. The Hall–Kier alpha value is -1.79. The minimum Gasteiger partial charge on any atom is -0.493 e. The second-order valence-electron chi connectivity index (χ2n) is 4.79. The van der Waals surface area contributed by atoms with Crippen molar-refractivity contribution >= 4 is 11.0 Å². The van der Waals surface area contributed by atoms with Crippen LogP contribution in [0.1, 0.15) is 12.7 Å². The molecule has 6 nitrogen and oxygen atoms in total. The van der Waals surface area contributed by atoms with Crippen molar-refractivity contribution in [1.82, 2.24) is 9.97 Å². The lowest BCUT2D eigenvalue weighted by atomic mass is 10.0. The molecule has 104 valence electrons. The van der Waals surface area contributed by atoms with Crippen LogP contribution >= 0.6 is 0 Å². The number of aromatic amines is 1. The van der Waals surface area contributed by atoms with Gasteiger partial charge in [0.2, 0.25) is 0 Å². The molecule has 0 saturated carbocycles. The number of fused-ring (bicyclic) bond motifs is 1. The second-order valence-corrected chi connectivity index (χ2v) is 4.79. The standard InChI is InChI=1S/C13H19N3O3/c1-13(17,7-14)6-12-15-8-4-10(18-2)11(19-3)5-9(8)16-12/h4-5,17H,6-7,14H2,1-3H3,(H,15,16). The molecule has 0 saturated heterocycles. The third-order valence-corrected chi connectivity index (χ3v) is 3.02. The Labute approximate surface area is 111 Å². The van der Waals surface area contributed by atoms with Gasteiger partial charge in [-0.05, 0) is 6.92 Å². The molecular formula is C13H19N3O3. The molecule has 1 aromatic carbocycles. The molecule has 1 atom stereocenters. The van der Waals surface area contributed by atoms with E-state index in [4.69, 9.17) is 15.2 Å². The molecule has 6 heteroatoms. The van der Waals surface area contributed by atoms with Gasteiger partial charge in [-0.3, -0.25) is 0 Å². The number of nitrogens with zero attached hydrogens (tertiary/aromatic N) is 1.